The van der Waals surface area contributed by atoms with E-state index in [1.54, 1.807) is 0 Å². The highest BCUT2D eigenvalue weighted by Gasteiger charge is 2.27. The molecule has 0 amide bonds. The van der Waals surface area contributed by atoms with E-state index in [1.165, 1.54) is 53.3 Å². The van der Waals surface area contributed by atoms with Crippen LogP contribution in [0, 0.1) is 0 Å². The SMILES string of the molecule is S=C(NC1CCCCC1)N1c2ccccc2Sc2ccccc21. The average Bonchev–Trinajstić information content (AvgIpc) is 2.60. The second-order valence-corrected chi connectivity index (χ2v) is 7.63. The van der Waals surface area contributed by atoms with Crippen LogP contribution in [0.2, 0.25) is 0 Å². The van der Waals surface area contributed by atoms with E-state index in [0.29, 0.717) is 6.04 Å². The summed E-state index contributed by atoms with van der Waals surface area (Å²) < 4.78 is 0. The monoisotopic (exact) mass is 340 g/mol. The molecule has 1 heterocycles. The van der Waals surface area contributed by atoms with Crippen LogP contribution in [-0.4, -0.2) is 11.2 Å². The molecule has 2 aliphatic rings. The Labute approximate surface area is 147 Å². The number of benzene rings is 2. The molecule has 2 aromatic rings. The lowest BCUT2D eigenvalue weighted by Gasteiger charge is -2.35. The van der Waals surface area contributed by atoms with Gasteiger partial charge < -0.3 is 5.32 Å². The molecule has 1 saturated carbocycles. The van der Waals surface area contributed by atoms with Gasteiger partial charge in [0.15, 0.2) is 5.11 Å². The van der Waals surface area contributed by atoms with Gasteiger partial charge in [-0.2, -0.15) is 0 Å². The lowest BCUT2D eigenvalue weighted by molar-refractivity contribution is 0.414. The van der Waals surface area contributed by atoms with Crippen molar-refractivity contribution in [3.05, 3.63) is 48.5 Å². The van der Waals surface area contributed by atoms with Crippen molar-refractivity contribution in [1.82, 2.24) is 5.32 Å². The largest absolute Gasteiger partial charge is 0.359 e. The molecule has 4 rings (SSSR count). The van der Waals surface area contributed by atoms with Crippen molar-refractivity contribution in [2.75, 3.05) is 4.90 Å². The number of hydrogen-bond donors (Lipinski definition) is 1. The van der Waals surface area contributed by atoms with Crippen LogP contribution in [-0.2, 0) is 0 Å². The molecule has 1 fully saturated rings. The maximum absolute atomic E-state index is 5.81. The van der Waals surface area contributed by atoms with E-state index in [-0.39, 0.29) is 0 Å². The minimum Gasteiger partial charge on any atom is -0.359 e. The molecule has 0 radical (unpaired) electrons. The molecule has 0 unspecified atom stereocenters. The Morgan fingerprint density at radius 2 is 1.48 bits per heavy atom. The number of rotatable bonds is 1. The molecule has 2 nitrogen and oxygen atoms in total. The van der Waals surface area contributed by atoms with E-state index >= 15 is 0 Å². The third-order valence-electron chi connectivity index (χ3n) is 4.57. The van der Waals surface area contributed by atoms with Crippen LogP contribution in [0.3, 0.4) is 0 Å². The predicted octanol–water partition coefficient (Wildman–Crippen LogP) is 5.50. The standard InChI is InChI=1S/C19H20N2S2/c22-19(20-14-8-2-1-3-9-14)21-15-10-4-6-12-17(15)23-18-13-7-5-11-16(18)21/h4-7,10-14H,1-3,8-9H2,(H,20,22). The number of thiocarbonyl (C=S) groups is 1. The van der Waals surface area contributed by atoms with E-state index in [9.17, 15) is 0 Å². The van der Waals surface area contributed by atoms with Crippen LogP contribution >= 0.6 is 24.0 Å². The number of anilines is 2. The Balaban J connectivity index is 1.67. The topological polar surface area (TPSA) is 15.3 Å². The number of hydrogen-bond acceptors (Lipinski definition) is 2. The number of nitrogens with one attached hydrogen (secondary N) is 1. The van der Waals surface area contributed by atoms with Crippen molar-refractivity contribution in [3.63, 3.8) is 0 Å². The molecule has 1 N–H and O–H groups in total. The minimum atomic E-state index is 0.519. The predicted molar refractivity (Wildman–Crippen MR) is 102 cm³/mol. The van der Waals surface area contributed by atoms with Gasteiger partial charge in [0.25, 0.3) is 0 Å². The summed E-state index contributed by atoms with van der Waals surface area (Å²) in [6, 6.07) is 17.5. The highest BCUT2D eigenvalue weighted by atomic mass is 32.2. The van der Waals surface area contributed by atoms with Gasteiger partial charge in [-0.3, -0.25) is 4.90 Å². The molecular formula is C19H20N2S2. The molecule has 2 aromatic carbocycles. The zero-order valence-corrected chi connectivity index (χ0v) is 14.6. The zero-order valence-electron chi connectivity index (χ0n) is 13.0. The van der Waals surface area contributed by atoms with Gasteiger partial charge in [0.1, 0.15) is 0 Å². The van der Waals surface area contributed by atoms with Gasteiger partial charge in [0, 0.05) is 15.8 Å². The van der Waals surface area contributed by atoms with E-state index in [0.717, 1.165) is 5.11 Å². The highest BCUT2D eigenvalue weighted by molar-refractivity contribution is 7.99. The van der Waals surface area contributed by atoms with Crippen molar-refractivity contribution in [2.24, 2.45) is 0 Å². The average molecular weight is 341 g/mol. The Bertz CT molecular complexity index is 677. The molecular weight excluding hydrogens is 320 g/mol. The van der Waals surface area contributed by atoms with Crippen LogP contribution < -0.4 is 10.2 Å². The third kappa shape index (κ3) is 2.98. The summed E-state index contributed by atoms with van der Waals surface area (Å²) in [6.45, 7) is 0. The van der Waals surface area contributed by atoms with E-state index in [4.69, 9.17) is 12.2 Å². The van der Waals surface area contributed by atoms with Gasteiger partial charge in [-0.1, -0.05) is 55.3 Å². The molecule has 0 aromatic heterocycles. The highest BCUT2D eigenvalue weighted by Crippen LogP contribution is 2.47. The van der Waals surface area contributed by atoms with Gasteiger partial charge in [0.05, 0.1) is 11.4 Å². The lowest BCUT2D eigenvalue weighted by atomic mass is 9.96. The first-order valence-corrected chi connectivity index (χ1v) is 9.52. The van der Waals surface area contributed by atoms with Gasteiger partial charge in [-0.05, 0) is 49.3 Å². The molecule has 0 spiro atoms. The van der Waals surface area contributed by atoms with Gasteiger partial charge >= 0.3 is 0 Å². The molecule has 1 aliphatic carbocycles. The second-order valence-electron chi connectivity index (χ2n) is 6.16. The van der Waals surface area contributed by atoms with Crippen LogP contribution in [0.4, 0.5) is 11.4 Å². The fourth-order valence-electron chi connectivity index (χ4n) is 3.41. The van der Waals surface area contributed by atoms with Crippen molar-refractivity contribution >= 4 is 40.5 Å². The van der Waals surface area contributed by atoms with Crippen molar-refractivity contribution < 1.29 is 0 Å². The Kier molecular flexibility index (Phi) is 4.27. The molecule has 0 atom stereocenters. The maximum Gasteiger partial charge on any atom is 0.178 e. The molecule has 0 bridgehead atoms. The second kappa shape index (κ2) is 6.54. The summed E-state index contributed by atoms with van der Waals surface area (Å²) in [5.74, 6) is 0. The summed E-state index contributed by atoms with van der Waals surface area (Å²) in [6.07, 6.45) is 6.43. The fourth-order valence-corrected chi connectivity index (χ4v) is 4.83. The summed E-state index contributed by atoms with van der Waals surface area (Å²) in [5.41, 5.74) is 2.37. The Morgan fingerprint density at radius 1 is 0.913 bits per heavy atom. The van der Waals surface area contributed by atoms with Crippen molar-refractivity contribution in [3.8, 4) is 0 Å². The van der Waals surface area contributed by atoms with Crippen LogP contribution in [0.5, 0.6) is 0 Å². The van der Waals surface area contributed by atoms with Crippen molar-refractivity contribution in [2.45, 2.75) is 47.9 Å². The summed E-state index contributed by atoms with van der Waals surface area (Å²) in [7, 11) is 0. The van der Waals surface area contributed by atoms with Gasteiger partial charge in [-0.15, -0.1) is 0 Å². The first-order valence-electron chi connectivity index (χ1n) is 8.29. The van der Waals surface area contributed by atoms with E-state index in [2.05, 4.69) is 58.7 Å². The first-order chi connectivity index (χ1) is 11.3. The zero-order chi connectivity index (χ0) is 15.6. The Hall–Kier alpha value is -1.52. The van der Waals surface area contributed by atoms with E-state index in [1.807, 2.05) is 11.8 Å². The van der Waals surface area contributed by atoms with Crippen LogP contribution in [0.25, 0.3) is 0 Å². The summed E-state index contributed by atoms with van der Waals surface area (Å²) >= 11 is 7.63. The van der Waals surface area contributed by atoms with E-state index < -0.39 is 0 Å². The summed E-state index contributed by atoms with van der Waals surface area (Å²) in [4.78, 5) is 4.74. The molecule has 1 aliphatic heterocycles. The number of nitrogens with zero attached hydrogens (tertiary/aromatic N) is 1. The summed E-state index contributed by atoms with van der Waals surface area (Å²) in [5, 5.41) is 4.45. The smallest absolute Gasteiger partial charge is 0.178 e. The lowest BCUT2D eigenvalue weighted by Crippen LogP contribution is -2.44. The normalized spacial score (nSPS) is 17.3. The molecule has 118 valence electrons. The quantitative estimate of drug-likeness (QED) is 0.690. The number of para-hydroxylation sites is 2. The maximum atomic E-state index is 5.81. The fraction of sp³-hybridized carbons (Fsp3) is 0.316. The molecule has 23 heavy (non-hydrogen) atoms. The number of fused-ring (bicyclic) bond motifs is 2. The van der Waals surface area contributed by atoms with Gasteiger partial charge in [-0.25, -0.2) is 0 Å². The van der Waals surface area contributed by atoms with Crippen molar-refractivity contribution in [1.29, 1.82) is 0 Å². The van der Waals surface area contributed by atoms with Crippen LogP contribution in [0.15, 0.2) is 58.3 Å². The Morgan fingerprint density at radius 3 is 2.09 bits per heavy atom. The van der Waals surface area contributed by atoms with Crippen LogP contribution in [0.1, 0.15) is 32.1 Å². The van der Waals surface area contributed by atoms with Gasteiger partial charge in [0.2, 0.25) is 0 Å². The third-order valence-corrected chi connectivity index (χ3v) is 6.00. The minimum absolute atomic E-state index is 0.519. The first kappa shape index (κ1) is 15.0. The molecule has 0 saturated heterocycles. The molecule has 4 heteroatoms.